The van der Waals surface area contributed by atoms with Gasteiger partial charge in [-0.05, 0) is 18.2 Å². The van der Waals surface area contributed by atoms with Crippen LogP contribution < -0.4 is 4.31 Å². The summed E-state index contributed by atoms with van der Waals surface area (Å²) in [5.41, 5.74) is -1.46. The van der Waals surface area contributed by atoms with Gasteiger partial charge >= 0.3 is 6.18 Å². The molecule has 2 aromatic carbocycles. The molecule has 0 aromatic heterocycles. The van der Waals surface area contributed by atoms with E-state index in [4.69, 9.17) is 0 Å². The summed E-state index contributed by atoms with van der Waals surface area (Å²) in [5, 5.41) is 10.2. The van der Waals surface area contributed by atoms with Gasteiger partial charge in [0.05, 0.1) is 11.3 Å². The molecule has 0 aliphatic carbocycles. The van der Waals surface area contributed by atoms with E-state index in [9.17, 15) is 26.7 Å². The number of benzene rings is 2. The number of aliphatic hydroxyl groups is 1. The van der Waals surface area contributed by atoms with Gasteiger partial charge in [-0.15, -0.1) is 0 Å². The molecule has 116 valence electrons. The Morgan fingerprint density at radius 2 is 1.64 bits per heavy atom. The Morgan fingerprint density at radius 1 is 1.00 bits per heavy atom. The van der Waals surface area contributed by atoms with Crippen LogP contribution >= 0.6 is 0 Å². The lowest BCUT2D eigenvalue weighted by Crippen LogP contribution is -2.28. The first kappa shape index (κ1) is 14.9. The Morgan fingerprint density at radius 3 is 2.23 bits per heavy atom. The summed E-state index contributed by atoms with van der Waals surface area (Å²) in [6.07, 6.45) is -6.52. The van der Waals surface area contributed by atoms with Crippen molar-refractivity contribution >= 4 is 15.7 Å². The summed E-state index contributed by atoms with van der Waals surface area (Å²) in [7, 11) is -4.50. The molecular weight excluding hydrogens is 319 g/mol. The number of alkyl halides is 3. The number of fused-ring (bicyclic) bond motifs is 1. The van der Waals surface area contributed by atoms with E-state index in [0.29, 0.717) is 10.4 Å². The van der Waals surface area contributed by atoms with Crippen LogP contribution in [0.3, 0.4) is 0 Å². The fourth-order valence-electron chi connectivity index (χ4n) is 2.48. The van der Waals surface area contributed by atoms with E-state index in [2.05, 4.69) is 0 Å². The van der Waals surface area contributed by atoms with Crippen molar-refractivity contribution in [1.82, 2.24) is 0 Å². The molecule has 0 fully saturated rings. The van der Waals surface area contributed by atoms with Crippen LogP contribution in [0.1, 0.15) is 17.4 Å². The SMILES string of the molecule is O=S1(=O)c2c(cccc2C(F)(F)F)C(O)N1c1ccccc1. The molecular formula is C14H10F3NO3S. The summed E-state index contributed by atoms with van der Waals surface area (Å²) in [5.74, 6) is 0. The van der Waals surface area contributed by atoms with Gasteiger partial charge in [-0.3, -0.25) is 0 Å². The highest BCUT2D eigenvalue weighted by Crippen LogP contribution is 2.46. The van der Waals surface area contributed by atoms with E-state index in [0.717, 1.165) is 6.07 Å². The van der Waals surface area contributed by atoms with Crippen molar-refractivity contribution in [2.45, 2.75) is 17.3 Å². The molecule has 2 aromatic rings. The van der Waals surface area contributed by atoms with Crippen LogP contribution in [0.15, 0.2) is 53.4 Å². The van der Waals surface area contributed by atoms with Gasteiger partial charge in [-0.25, -0.2) is 12.7 Å². The molecule has 1 unspecified atom stereocenters. The number of para-hydroxylation sites is 1. The number of hydrogen-bond acceptors (Lipinski definition) is 3. The second-order valence-electron chi connectivity index (χ2n) is 4.73. The van der Waals surface area contributed by atoms with Crippen molar-refractivity contribution in [3.63, 3.8) is 0 Å². The Kier molecular flexibility index (Phi) is 3.19. The minimum absolute atomic E-state index is 0.0966. The summed E-state index contributed by atoms with van der Waals surface area (Å²) in [6.45, 7) is 0. The first-order valence-corrected chi connectivity index (χ1v) is 7.66. The van der Waals surface area contributed by atoms with Crippen LogP contribution in [0.4, 0.5) is 18.9 Å². The third kappa shape index (κ3) is 2.06. The van der Waals surface area contributed by atoms with E-state index in [-0.39, 0.29) is 11.3 Å². The Hall–Kier alpha value is -2.06. The summed E-state index contributed by atoms with van der Waals surface area (Å²) in [4.78, 5) is -0.890. The number of hydrogen-bond donors (Lipinski definition) is 1. The molecule has 1 aliphatic heterocycles. The van der Waals surface area contributed by atoms with Crippen molar-refractivity contribution < 1.29 is 26.7 Å². The Labute approximate surface area is 124 Å². The van der Waals surface area contributed by atoms with Crippen LogP contribution in [0.5, 0.6) is 0 Å². The van der Waals surface area contributed by atoms with Crippen LogP contribution in [0, 0.1) is 0 Å². The standard InChI is InChI=1S/C14H10F3NO3S/c15-14(16,17)11-8-4-7-10-12(11)22(20,21)18(13(10)19)9-5-2-1-3-6-9/h1-8,13,19H. The summed E-state index contributed by atoms with van der Waals surface area (Å²) < 4.78 is 64.9. The predicted molar refractivity (Wildman–Crippen MR) is 72.5 cm³/mol. The molecule has 0 saturated carbocycles. The molecule has 1 N–H and O–H groups in total. The quantitative estimate of drug-likeness (QED) is 0.875. The summed E-state index contributed by atoms with van der Waals surface area (Å²) >= 11 is 0. The van der Waals surface area contributed by atoms with E-state index >= 15 is 0 Å². The van der Waals surface area contributed by atoms with Gasteiger partial charge in [0.15, 0.2) is 6.23 Å². The van der Waals surface area contributed by atoms with Crippen molar-refractivity contribution in [3.8, 4) is 0 Å². The van der Waals surface area contributed by atoms with Crippen LogP contribution in [0.2, 0.25) is 0 Å². The number of halogens is 3. The summed E-state index contributed by atoms with van der Waals surface area (Å²) in [6, 6.07) is 10.4. The van der Waals surface area contributed by atoms with Crippen molar-refractivity contribution in [1.29, 1.82) is 0 Å². The molecule has 4 nitrogen and oxygen atoms in total. The maximum atomic E-state index is 13.1. The number of sulfonamides is 1. The Bertz CT molecular complexity index is 819. The zero-order valence-corrected chi connectivity index (χ0v) is 11.8. The number of nitrogens with zero attached hydrogens (tertiary/aromatic N) is 1. The molecule has 0 spiro atoms. The first-order chi connectivity index (χ1) is 10.2. The van der Waals surface area contributed by atoms with E-state index in [1.807, 2.05) is 0 Å². The lowest BCUT2D eigenvalue weighted by molar-refractivity contribution is -0.139. The molecule has 1 atom stereocenters. The highest BCUT2D eigenvalue weighted by molar-refractivity contribution is 7.93. The lowest BCUT2D eigenvalue weighted by atomic mass is 10.1. The molecule has 0 bridgehead atoms. The molecule has 1 aliphatic rings. The first-order valence-electron chi connectivity index (χ1n) is 6.22. The van der Waals surface area contributed by atoms with Gasteiger partial charge in [0, 0.05) is 5.56 Å². The maximum absolute atomic E-state index is 13.1. The maximum Gasteiger partial charge on any atom is 0.417 e. The normalized spacial score (nSPS) is 20.0. The second-order valence-corrected chi connectivity index (χ2v) is 6.48. The Balaban J connectivity index is 2.27. The topological polar surface area (TPSA) is 57.6 Å². The highest BCUT2D eigenvalue weighted by atomic mass is 32.2. The molecule has 1 heterocycles. The third-order valence-electron chi connectivity index (χ3n) is 3.38. The average Bonchev–Trinajstić information content (AvgIpc) is 2.66. The molecule has 8 heteroatoms. The van der Waals surface area contributed by atoms with E-state index in [1.54, 1.807) is 6.07 Å². The number of anilines is 1. The van der Waals surface area contributed by atoms with Gasteiger partial charge in [-0.2, -0.15) is 13.2 Å². The van der Waals surface area contributed by atoms with E-state index in [1.165, 1.54) is 30.3 Å². The highest BCUT2D eigenvalue weighted by Gasteiger charge is 2.48. The number of aliphatic hydroxyl groups excluding tert-OH is 1. The smallest absolute Gasteiger partial charge is 0.368 e. The second kappa shape index (κ2) is 4.72. The third-order valence-corrected chi connectivity index (χ3v) is 5.28. The average molecular weight is 329 g/mol. The molecule has 0 radical (unpaired) electrons. The predicted octanol–water partition coefficient (Wildman–Crippen LogP) is 2.91. The van der Waals surface area contributed by atoms with Crippen LogP contribution in [0.25, 0.3) is 0 Å². The minimum atomic E-state index is -4.83. The lowest BCUT2D eigenvalue weighted by Gasteiger charge is -2.21. The van der Waals surface area contributed by atoms with Gasteiger partial charge < -0.3 is 5.11 Å². The molecule has 0 saturated heterocycles. The van der Waals surface area contributed by atoms with Gasteiger partial charge in [0.2, 0.25) is 0 Å². The largest absolute Gasteiger partial charge is 0.417 e. The zero-order chi connectivity index (χ0) is 16.1. The van der Waals surface area contributed by atoms with E-state index < -0.39 is 32.9 Å². The number of rotatable bonds is 1. The van der Waals surface area contributed by atoms with Crippen molar-refractivity contribution in [2.75, 3.05) is 4.31 Å². The van der Waals surface area contributed by atoms with Gasteiger partial charge in [0.1, 0.15) is 4.90 Å². The van der Waals surface area contributed by atoms with Crippen LogP contribution in [-0.2, 0) is 16.2 Å². The fourth-order valence-corrected chi connectivity index (χ4v) is 4.39. The monoisotopic (exact) mass is 329 g/mol. The molecule has 22 heavy (non-hydrogen) atoms. The van der Waals surface area contributed by atoms with Crippen molar-refractivity contribution in [2.24, 2.45) is 0 Å². The van der Waals surface area contributed by atoms with Gasteiger partial charge in [0.25, 0.3) is 10.0 Å². The molecule has 0 amide bonds. The van der Waals surface area contributed by atoms with Gasteiger partial charge in [-0.1, -0.05) is 30.3 Å². The van der Waals surface area contributed by atoms with Crippen LogP contribution in [-0.4, -0.2) is 13.5 Å². The zero-order valence-electron chi connectivity index (χ0n) is 10.9. The fraction of sp³-hybridized carbons (Fsp3) is 0.143. The minimum Gasteiger partial charge on any atom is -0.368 e. The van der Waals surface area contributed by atoms with Crippen molar-refractivity contribution in [3.05, 3.63) is 59.7 Å². The molecule has 3 rings (SSSR count).